The van der Waals surface area contributed by atoms with Crippen LogP contribution in [0, 0.1) is 5.92 Å². The van der Waals surface area contributed by atoms with Crippen LogP contribution in [0.1, 0.15) is 44.5 Å². The van der Waals surface area contributed by atoms with E-state index in [0.29, 0.717) is 37.6 Å². The van der Waals surface area contributed by atoms with Crippen molar-refractivity contribution in [1.82, 2.24) is 10.2 Å². The van der Waals surface area contributed by atoms with Gasteiger partial charge >= 0.3 is 6.09 Å². The van der Waals surface area contributed by atoms with E-state index < -0.39 is 11.7 Å². The van der Waals surface area contributed by atoms with E-state index >= 15 is 0 Å². The number of rotatable bonds is 5. The summed E-state index contributed by atoms with van der Waals surface area (Å²) >= 11 is 0. The average molecular weight is 348 g/mol. The largest absolute Gasteiger partial charge is 0.494 e. The molecule has 6 nitrogen and oxygen atoms in total. The fourth-order valence-corrected chi connectivity index (χ4v) is 2.79. The first-order valence-electron chi connectivity index (χ1n) is 8.77. The van der Waals surface area contributed by atoms with Crippen LogP contribution in [-0.2, 0) is 4.74 Å². The number of carbonyl (C=O) groups excluding carboxylic acids is 2. The highest BCUT2D eigenvalue weighted by molar-refractivity contribution is 5.94. The Morgan fingerprint density at radius 2 is 2.08 bits per heavy atom. The Bertz CT molecular complexity index is 610. The molecule has 0 aromatic heterocycles. The Hall–Kier alpha value is -2.24. The fraction of sp³-hybridized carbons (Fsp3) is 0.579. The number of hydrogen-bond acceptors (Lipinski definition) is 4. The van der Waals surface area contributed by atoms with Gasteiger partial charge in [0.05, 0.1) is 6.61 Å². The summed E-state index contributed by atoms with van der Waals surface area (Å²) in [6, 6.07) is 7.25. The fourth-order valence-electron chi connectivity index (χ4n) is 2.79. The molecule has 1 aromatic rings. The van der Waals surface area contributed by atoms with Crippen LogP contribution < -0.4 is 10.1 Å². The summed E-state index contributed by atoms with van der Waals surface area (Å²) in [6.45, 7) is 9.82. The summed E-state index contributed by atoms with van der Waals surface area (Å²) in [6.07, 6.45) is 0.453. The van der Waals surface area contributed by atoms with Gasteiger partial charge in [0, 0.05) is 25.2 Å². The molecular weight excluding hydrogens is 320 g/mol. The van der Waals surface area contributed by atoms with Crippen LogP contribution >= 0.6 is 0 Å². The minimum atomic E-state index is -0.507. The van der Waals surface area contributed by atoms with Crippen molar-refractivity contribution in [3.63, 3.8) is 0 Å². The number of amides is 2. The van der Waals surface area contributed by atoms with Gasteiger partial charge in [-0.05, 0) is 58.2 Å². The normalized spacial score (nSPS) is 17.3. The van der Waals surface area contributed by atoms with Crippen LogP contribution in [0.3, 0.4) is 0 Å². The molecule has 6 heteroatoms. The topological polar surface area (TPSA) is 67.9 Å². The Morgan fingerprint density at radius 3 is 2.76 bits per heavy atom. The number of likely N-dealkylation sites (tertiary alicyclic amines) is 1. The van der Waals surface area contributed by atoms with Gasteiger partial charge in [0.15, 0.2) is 0 Å². The zero-order chi connectivity index (χ0) is 18.4. The van der Waals surface area contributed by atoms with Crippen molar-refractivity contribution in [3.8, 4) is 5.75 Å². The molecule has 138 valence electrons. The van der Waals surface area contributed by atoms with E-state index in [1.165, 1.54) is 0 Å². The number of nitrogens with one attached hydrogen (secondary N) is 1. The van der Waals surface area contributed by atoms with Gasteiger partial charge < -0.3 is 19.7 Å². The SMILES string of the molecule is CCOc1cccc(C(=O)N2CC[C@@H](CNC(=O)OC(C)(C)C)C2)c1. The van der Waals surface area contributed by atoms with Crippen molar-refractivity contribution in [2.24, 2.45) is 5.92 Å². The Kier molecular flexibility index (Phi) is 6.28. The monoisotopic (exact) mass is 348 g/mol. The highest BCUT2D eigenvalue weighted by atomic mass is 16.6. The van der Waals surface area contributed by atoms with E-state index in [1.807, 2.05) is 44.7 Å². The van der Waals surface area contributed by atoms with Gasteiger partial charge in [-0.25, -0.2) is 4.79 Å². The number of benzene rings is 1. The second kappa shape index (κ2) is 8.23. The molecule has 0 unspecified atom stereocenters. The van der Waals surface area contributed by atoms with Crippen molar-refractivity contribution in [2.75, 3.05) is 26.2 Å². The molecule has 1 saturated heterocycles. The highest BCUT2D eigenvalue weighted by Crippen LogP contribution is 2.20. The third-order valence-corrected chi connectivity index (χ3v) is 3.90. The van der Waals surface area contributed by atoms with E-state index in [-0.39, 0.29) is 11.8 Å². The summed E-state index contributed by atoms with van der Waals surface area (Å²) in [5, 5.41) is 2.79. The van der Waals surface area contributed by atoms with Gasteiger partial charge in [-0.1, -0.05) is 6.07 Å². The summed E-state index contributed by atoms with van der Waals surface area (Å²) < 4.78 is 10.7. The Balaban J connectivity index is 1.84. The van der Waals surface area contributed by atoms with Gasteiger partial charge in [-0.3, -0.25) is 4.79 Å². The highest BCUT2D eigenvalue weighted by Gasteiger charge is 2.28. The molecule has 1 heterocycles. The van der Waals surface area contributed by atoms with Gasteiger partial charge in [-0.2, -0.15) is 0 Å². The molecule has 1 aromatic carbocycles. The Morgan fingerprint density at radius 1 is 1.32 bits per heavy atom. The molecule has 25 heavy (non-hydrogen) atoms. The first-order chi connectivity index (χ1) is 11.8. The molecular formula is C19H28N2O4. The zero-order valence-electron chi connectivity index (χ0n) is 15.5. The number of hydrogen-bond donors (Lipinski definition) is 1. The smallest absolute Gasteiger partial charge is 0.407 e. The minimum Gasteiger partial charge on any atom is -0.494 e. The van der Waals surface area contributed by atoms with Crippen molar-refractivity contribution < 1.29 is 19.1 Å². The minimum absolute atomic E-state index is 0.00122. The number of alkyl carbamates (subject to hydrolysis) is 1. The Labute approximate surface area is 149 Å². The maximum atomic E-state index is 12.6. The molecule has 0 bridgehead atoms. The molecule has 2 rings (SSSR count). The summed E-state index contributed by atoms with van der Waals surface area (Å²) in [4.78, 5) is 26.2. The third-order valence-electron chi connectivity index (χ3n) is 3.90. The molecule has 1 atom stereocenters. The molecule has 0 spiro atoms. The molecule has 0 aliphatic carbocycles. The van der Waals surface area contributed by atoms with Crippen molar-refractivity contribution in [1.29, 1.82) is 0 Å². The van der Waals surface area contributed by atoms with Crippen molar-refractivity contribution in [2.45, 2.75) is 39.7 Å². The number of carbonyl (C=O) groups is 2. The van der Waals surface area contributed by atoms with Crippen LogP contribution in [-0.4, -0.2) is 48.7 Å². The van der Waals surface area contributed by atoms with Crippen LogP contribution in [0.5, 0.6) is 5.75 Å². The van der Waals surface area contributed by atoms with Crippen LogP contribution in [0.25, 0.3) is 0 Å². The van der Waals surface area contributed by atoms with E-state index in [0.717, 1.165) is 6.42 Å². The van der Waals surface area contributed by atoms with E-state index in [2.05, 4.69) is 5.32 Å². The van der Waals surface area contributed by atoms with E-state index in [4.69, 9.17) is 9.47 Å². The lowest BCUT2D eigenvalue weighted by molar-refractivity contribution is 0.0520. The quantitative estimate of drug-likeness (QED) is 0.888. The molecule has 1 N–H and O–H groups in total. The van der Waals surface area contributed by atoms with Crippen LogP contribution in [0.2, 0.25) is 0 Å². The molecule has 1 fully saturated rings. The lowest BCUT2D eigenvalue weighted by Crippen LogP contribution is -2.36. The van der Waals surface area contributed by atoms with Gasteiger partial charge in [-0.15, -0.1) is 0 Å². The lowest BCUT2D eigenvalue weighted by atomic mass is 10.1. The molecule has 0 radical (unpaired) electrons. The van der Waals surface area contributed by atoms with E-state index in [1.54, 1.807) is 12.1 Å². The van der Waals surface area contributed by atoms with Gasteiger partial charge in [0.1, 0.15) is 11.4 Å². The number of ether oxygens (including phenoxy) is 2. The third kappa shape index (κ3) is 5.96. The van der Waals surface area contributed by atoms with Gasteiger partial charge in [0.2, 0.25) is 0 Å². The predicted molar refractivity (Wildman–Crippen MR) is 95.9 cm³/mol. The second-order valence-electron chi connectivity index (χ2n) is 7.25. The molecule has 0 saturated carbocycles. The number of nitrogens with zero attached hydrogens (tertiary/aromatic N) is 1. The molecule has 1 aliphatic rings. The lowest BCUT2D eigenvalue weighted by Gasteiger charge is -2.21. The summed E-state index contributed by atoms with van der Waals surface area (Å²) in [5.74, 6) is 0.948. The van der Waals surface area contributed by atoms with Crippen molar-refractivity contribution >= 4 is 12.0 Å². The van der Waals surface area contributed by atoms with E-state index in [9.17, 15) is 9.59 Å². The molecule has 1 aliphatic heterocycles. The van der Waals surface area contributed by atoms with Crippen LogP contribution in [0.4, 0.5) is 4.79 Å². The zero-order valence-corrected chi connectivity index (χ0v) is 15.5. The first kappa shape index (κ1) is 19.1. The van der Waals surface area contributed by atoms with Crippen molar-refractivity contribution in [3.05, 3.63) is 29.8 Å². The molecule has 2 amide bonds. The second-order valence-corrected chi connectivity index (χ2v) is 7.25. The standard InChI is InChI=1S/C19H28N2O4/c1-5-24-16-8-6-7-15(11-16)17(22)21-10-9-14(13-21)12-20-18(23)25-19(2,3)4/h6-8,11,14H,5,9-10,12-13H2,1-4H3,(H,20,23)/t14-/m0/s1. The summed E-state index contributed by atoms with van der Waals surface area (Å²) in [7, 11) is 0. The average Bonchev–Trinajstić information content (AvgIpc) is 3.00. The predicted octanol–water partition coefficient (Wildman–Crippen LogP) is 3.07. The maximum Gasteiger partial charge on any atom is 0.407 e. The van der Waals surface area contributed by atoms with Crippen LogP contribution in [0.15, 0.2) is 24.3 Å². The first-order valence-corrected chi connectivity index (χ1v) is 8.77. The van der Waals surface area contributed by atoms with Gasteiger partial charge in [0.25, 0.3) is 5.91 Å². The summed E-state index contributed by atoms with van der Waals surface area (Å²) in [5.41, 5.74) is 0.125. The maximum absolute atomic E-state index is 12.6.